The summed E-state index contributed by atoms with van der Waals surface area (Å²) in [6.45, 7) is 26.9. The second-order valence-corrected chi connectivity index (χ2v) is 25.2. The van der Waals surface area contributed by atoms with Crippen LogP contribution in [-0.2, 0) is 18.4 Å². The van der Waals surface area contributed by atoms with Gasteiger partial charge in [-0.15, -0.1) is 0 Å². The highest BCUT2D eigenvalue weighted by atomic mass is 28.4. The van der Waals surface area contributed by atoms with E-state index in [0.29, 0.717) is 46.5 Å². The van der Waals surface area contributed by atoms with E-state index in [-0.39, 0.29) is 34.9 Å². The summed E-state index contributed by atoms with van der Waals surface area (Å²) in [5.41, 5.74) is 2.80. The van der Waals surface area contributed by atoms with Gasteiger partial charge in [0.25, 0.3) is 0 Å². The number of methoxy groups -OCH3 is 1. The van der Waals surface area contributed by atoms with Crippen LogP contribution in [0.25, 0.3) is 6.08 Å². The molecule has 0 spiro atoms. The van der Waals surface area contributed by atoms with E-state index in [4.69, 9.17) is 18.0 Å². The summed E-state index contributed by atoms with van der Waals surface area (Å²) in [5.74, 6) is 0.700. The molecule has 1 saturated carbocycles. The predicted octanol–water partition coefficient (Wildman–Crippen LogP) is 9.44. The van der Waals surface area contributed by atoms with Crippen molar-refractivity contribution >= 4 is 34.5 Å². The molecule has 0 saturated heterocycles. The van der Waals surface area contributed by atoms with E-state index in [1.54, 1.807) is 12.1 Å². The first kappa shape index (κ1) is 34.7. The lowest BCUT2D eigenvalue weighted by atomic mass is 9.67. The van der Waals surface area contributed by atoms with E-state index in [1.807, 2.05) is 19.1 Å². The van der Waals surface area contributed by atoms with Crippen LogP contribution in [-0.4, -0.2) is 47.7 Å². The van der Waals surface area contributed by atoms with E-state index < -0.39 is 22.6 Å². The second-order valence-electron chi connectivity index (χ2n) is 15.0. The summed E-state index contributed by atoms with van der Waals surface area (Å²) in [5, 5.41) is 0.0400. The molecule has 1 fully saturated rings. The minimum atomic E-state index is -2.18. The van der Waals surface area contributed by atoms with Crippen LogP contribution in [0.15, 0.2) is 28.2 Å². The second kappa shape index (κ2) is 13.1. The number of esters is 1. The molecule has 236 valence electrons. The van der Waals surface area contributed by atoms with Crippen molar-refractivity contribution in [1.29, 1.82) is 0 Å². The Morgan fingerprint density at radius 2 is 1.60 bits per heavy atom. The van der Waals surface area contributed by atoms with Gasteiger partial charge < -0.3 is 18.0 Å². The lowest BCUT2D eigenvalue weighted by Gasteiger charge is -2.52. The lowest BCUT2D eigenvalue weighted by Crippen LogP contribution is -2.55. The van der Waals surface area contributed by atoms with Gasteiger partial charge >= 0.3 is 5.97 Å². The van der Waals surface area contributed by atoms with Crippen LogP contribution in [0.5, 0.6) is 0 Å². The van der Waals surface area contributed by atoms with Crippen LogP contribution < -0.4 is 0 Å². The van der Waals surface area contributed by atoms with Gasteiger partial charge in [0.1, 0.15) is 17.1 Å². The molecule has 2 bridgehead atoms. The van der Waals surface area contributed by atoms with E-state index in [1.165, 1.54) is 7.11 Å². The molecule has 42 heavy (non-hydrogen) atoms. The lowest BCUT2D eigenvalue weighted by molar-refractivity contribution is -0.118. The Bertz CT molecular complexity index is 1160. The molecule has 2 aliphatic rings. The van der Waals surface area contributed by atoms with Crippen molar-refractivity contribution in [2.24, 2.45) is 5.92 Å². The molecule has 0 radical (unpaired) electrons. The summed E-state index contributed by atoms with van der Waals surface area (Å²) < 4.78 is 25.6. The van der Waals surface area contributed by atoms with Gasteiger partial charge in [-0.1, -0.05) is 74.0 Å². The molecule has 0 unspecified atom stereocenters. The summed E-state index contributed by atoms with van der Waals surface area (Å²) in [7, 11) is -2.88. The predicted molar refractivity (Wildman–Crippen MR) is 176 cm³/mol. The summed E-state index contributed by atoms with van der Waals surface area (Å²) in [4.78, 5) is 26.5. The average molecular weight is 617 g/mol. The fraction of sp³-hybridized carbons (Fsp3) is 0.706. The third-order valence-electron chi connectivity index (χ3n) is 10.2. The van der Waals surface area contributed by atoms with Crippen molar-refractivity contribution < 1.29 is 27.6 Å². The number of hydrogen-bond acceptors (Lipinski definition) is 6. The Kier molecular flexibility index (Phi) is 10.8. The Hall–Kier alpha value is -1.75. The number of ether oxygens (including phenoxy) is 1. The third-order valence-corrected chi connectivity index (χ3v) is 20.8. The topological polar surface area (TPSA) is 75.0 Å². The van der Waals surface area contributed by atoms with Crippen LogP contribution in [0.2, 0.25) is 34.8 Å². The van der Waals surface area contributed by atoms with Crippen LogP contribution in [0.4, 0.5) is 0 Å². The van der Waals surface area contributed by atoms with Gasteiger partial charge in [-0.2, -0.15) is 0 Å². The molecule has 1 aromatic rings. The SMILES string of the molecule is COC(=O)c1cc2oc1[C@H]1C[C@H](O[Si](C(C)C)(C(C)C)C(C)C)[C@@H]1CC(=O)/C=C/[C@@H](O[Si](C)(C)C(C)(C)C)C/C(C)=C/2. The largest absolute Gasteiger partial charge is 0.465 e. The first-order valence-electron chi connectivity index (χ1n) is 15.8. The fourth-order valence-corrected chi connectivity index (χ4v) is 13.8. The zero-order chi connectivity index (χ0) is 31.8. The first-order chi connectivity index (χ1) is 19.3. The van der Waals surface area contributed by atoms with Crippen LogP contribution in [0, 0.1) is 5.92 Å². The molecule has 0 amide bonds. The van der Waals surface area contributed by atoms with Crippen molar-refractivity contribution in [3.63, 3.8) is 0 Å². The van der Waals surface area contributed by atoms with Gasteiger partial charge in [0.05, 0.1) is 13.2 Å². The number of hydrogen-bond donors (Lipinski definition) is 0. The number of furan rings is 1. The fourth-order valence-electron chi connectivity index (χ4n) is 6.92. The number of allylic oxidation sites excluding steroid dienone is 1. The molecule has 1 aliphatic heterocycles. The van der Waals surface area contributed by atoms with Gasteiger partial charge in [-0.3, -0.25) is 4.79 Å². The standard InChI is InChI=1S/C34H56O6Si2/c1-21(2)42(22(3)4,23(5)6)40-31-20-29-28(31)18-25(35)14-15-26(39-41(12,13)34(8,9)10)16-24(7)17-27-19-30(32(29)38-27)33(36)37-11/h14-15,17,19,21-23,26,28-29,31H,16,18,20H2,1-13H3/b15-14+,24-17+/t26-,28-,29+,31+/m1/s1. The van der Waals surface area contributed by atoms with Crippen LogP contribution in [0.1, 0.15) is 116 Å². The van der Waals surface area contributed by atoms with Gasteiger partial charge in [0.15, 0.2) is 14.1 Å². The highest BCUT2D eigenvalue weighted by Gasteiger charge is 2.53. The third kappa shape index (κ3) is 7.14. The number of carbonyl (C=O) groups is 2. The summed E-state index contributed by atoms with van der Waals surface area (Å²) in [6.07, 6.45) is 7.07. The Balaban J connectivity index is 2.08. The zero-order valence-corrected chi connectivity index (χ0v) is 30.4. The minimum Gasteiger partial charge on any atom is -0.465 e. The molecule has 6 nitrogen and oxygen atoms in total. The molecule has 0 N–H and O–H groups in total. The van der Waals surface area contributed by atoms with Crippen molar-refractivity contribution in [3.8, 4) is 0 Å². The van der Waals surface area contributed by atoms with Crippen molar-refractivity contribution in [2.45, 2.75) is 141 Å². The molecule has 2 heterocycles. The van der Waals surface area contributed by atoms with Crippen molar-refractivity contribution in [3.05, 3.63) is 40.9 Å². The van der Waals surface area contributed by atoms with Crippen molar-refractivity contribution in [1.82, 2.24) is 0 Å². The molecule has 1 aromatic heterocycles. The number of ketones is 1. The zero-order valence-electron chi connectivity index (χ0n) is 28.4. The summed E-state index contributed by atoms with van der Waals surface area (Å²) >= 11 is 0. The monoisotopic (exact) mass is 616 g/mol. The van der Waals surface area contributed by atoms with Gasteiger partial charge in [0, 0.05) is 24.4 Å². The van der Waals surface area contributed by atoms with Gasteiger partial charge in [0.2, 0.25) is 8.32 Å². The first-order valence-corrected chi connectivity index (χ1v) is 20.8. The molecule has 8 heteroatoms. The molecule has 4 atom stereocenters. The molecular weight excluding hydrogens is 561 g/mol. The number of rotatable bonds is 8. The Morgan fingerprint density at radius 1 is 1.00 bits per heavy atom. The maximum absolute atomic E-state index is 13.6. The number of carbonyl (C=O) groups excluding carboxylic acids is 2. The minimum absolute atomic E-state index is 0.0400. The van der Waals surface area contributed by atoms with E-state index in [9.17, 15) is 9.59 Å². The quantitative estimate of drug-likeness (QED) is 0.214. The number of fused-ring (bicyclic) bond motifs is 4. The molecule has 0 aromatic carbocycles. The smallest absolute Gasteiger partial charge is 0.341 e. The maximum Gasteiger partial charge on any atom is 0.341 e. The summed E-state index contributed by atoms with van der Waals surface area (Å²) in [6, 6.07) is 1.79. The average Bonchev–Trinajstić information content (AvgIpc) is 3.25. The van der Waals surface area contributed by atoms with Crippen molar-refractivity contribution in [2.75, 3.05) is 7.11 Å². The molecular formula is C34H56O6Si2. The van der Waals surface area contributed by atoms with Crippen LogP contribution >= 0.6 is 0 Å². The Morgan fingerprint density at radius 3 is 2.12 bits per heavy atom. The van der Waals surface area contributed by atoms with Gasteiger partial charge in [-0.25, -0.2) is 4.79 Å². The highest BCUT2D eigenvalue weighted by Crippen LogP contribution is 2.53. The van der Waals surface area contributed by atoms with Crippen LogP contribution in [0.3, 0.4) is 0 Å². The highest BCUT2D eigenvalue weighted by molar-refractivity contribution is 6.77. The molecule has 1 aliphatic carbocycles. The van der Waals surface area contributed by atoms with E-state index in [0.717, 1.165) is 12.0 Å². The van der Waals surface area contributed by atoms with Gasteiger partial charge in [-0.05, 0) is 72.7 Å². The normalized spacial score (nSPS) is 26.1. The van der Waals surface area contributed by atoms with E-state index >= 15 is 0 Å². The Labute approximate surface area is 256 Å². The maximum atomic E-state index is 13.6. The molecule has 3 rings (SSSR count). The van der Waals surface area contributed by atoms with E-state index in [2.05, 4.69) is 75.4 Å².